The Balaban J connectivity index is 1.23. The number of thiophene rings is 1. The van der Waals surface area contributed by atoms with Crippen LogP contribution < -0.4 is 10.2 Å². The second-order valence-corrected chi connectivity index (χ2v) is 10.7. The number of fused-ring (bicyclic) bond motifs is 3. The van der Waals surface area contributed by atoms with Crippen LogP contribution in [0.4, 0.5) is 11.5 Å². The second kappa shape index (κ2) is 9.57. The van der Waals surface area contributed by atoms with Crippen LogP contribution >= 0.6 is 11.3 Å². The highest BCUT2D eigenvalue weighted by Crippen LogP contribution is 2.39. The van der Waals surface area contributed by atoms with E-state index in [1.54, 1.807) is 0 Å². The Kier molecular flexibility index (Phi) is 6.18. The fourth-order valence-corrected chi connectivity index (χ4v) is 6.75. The zero-order valence-electron chi connectivity index (χ0n) is 19.3. The van der Waals surface area contributed by atoms with Gasteiger partial charge < -0.3 is 15.0 Å². The smallest absolute Gasteiger partial charge is 0.146 e. The van der Waals surface area contributed by atoms with Gasteiger partial charge in [0.15, 0.2) is 0 Å². The molecule has 0 bridgehead atoms. The maximum Gasteiger partial charge on any atom is 0.146 e. The third-order valence-electron chi connectivity index (χ3n) is 7.30. The van der Waals surface area contributed by atoms with E-state index in [4.69, 9.17) is 14.7 Å². The first kappa shape index (κ1) is 21.3. The predicted molar refractivity (Wildman–Crippen MR) is 135 cm³/mol. The van der Waals surface area contributed by atoms with Gasteiger partial charge in [-0.05, 0) is 55.7 Å². The van der Waals surface area contributed by atoms with Crippen LogP contribution in [0.25, 0.3) is 10.2 Å². The van der Waals surface area contributed by atoms with Gasteiger partial charge in [-0.15, -0.1) is 11.3 Å². The molecule has 4 heterocycles. The number of nitrogens with one attached hydrogen (secondary N) is 1. The largest absolute Gasteiger partial charge is 0.379 e. The molecular weight excluding hydrogens is 430 g/mol. The molecule has 6 nitrogen and oxygen atoms in total. The Labute approximate surface area is 200 Å². The molecule has 7 heteroatoms. The van der Waals surface area contributed by atoms with Crippen LogP contribution in [0.3, 0.4) is 0 Å². The molecule has 2 saturated heterocycles. The van der Waals surface area contributed by atoms with Gasteiger partial charge in [-0.1, -0.05) is 18.2 Å². The average molecular weight is 464 g/mol. The lowest BCUT2D eigenvalue weighted by molar-refractivity contribution is 0.0331. The molecule has 2 aliphatic heterocycles. The molecule has 6 rings (SSSR count). The molecule has 0 amide bonds. The topological polar surface area (TPSA) is 53.5 Å². The summed E-state index contributed by atoms with van der Waals surface area (Å²) in [5.41, 5.74) is 2.85. The van der Waals surface area contributed by atoms with E-state index in [1.807, 2.05) is 11.3 Å². The van der Waals surface area contributed by atoms with Crippen molar-refractivity contribution in [2.24, 2.45) is 5.92 Å². The number of hydrogen-bond donors (Lipinski definition) is 1. The molecule has 0 spiro atoms. The minimum absolute atomic E-state index is 0.632. The summed E-state index contributed by atoms with van der Waals surface area (Å²) in [5, 5.41) is 5.11. The molecule has 1 N–H and O–H groups in total. The first-order chi connectivity index (χ1) is 16.3. The zero-order valence-corrected chi connectivity index (χ0v) is 20.1. The Morgan fingerprint density at radius 3 is 2.76 bits per heavy atom. The lowest BCUT2D eigenvalue weighted by Gasteiger charge is -2.26. The number of ether oxygens (including phenoxy) is 1. The number of aromatic nitrogens is 2. The number of anilines is 2. The number of para-hydroxylation sites is 1. The van der Waals surface area contributed by atoms with Crippen molar-refractivity contribution >= 4 is 33.1 Å². The van der Waals surface area contributed by atoms with Gasteiger partial charge in [0.05, 0.1) is 25.1 Å². The molecule has 3 aromatic rings. The standard InChI is InChI=1S/C26H33N5OS/c1-2-6-20(7-3-1)31-11-10-19(17-31)16-27-25-24-21-8-4-5-9-22(21)33-26(24)29-23(28-25)18-30-12-14-32-15-13-30/h1-3,6-7,19H,4-5,8-18H2,(H,27,28,29). The lowest BCUT2D eigenvalue weighted by Crippen LogP contribution is -2.36. The minimum atomic E-state index is 0.632. The maximum absolute atomic E-state index is 5.53. The van der Waals surface area contributed by atoms with Gasteiger partial charge in [0.2, 0.25) is 0 Å². The van der Waals surface area contributed by atoms with Crippen molar-refractivity contribution in [3.63, 3.8) is 0 Å². The Hall–Kier alpha value is -2.22. The summed E-state index contributed by atoms with van der Waals surface area (Å²) in [6, 6.07) is 10.8. The van der Waals surface area contributed by atoms with Crippen LogP contribution in [0.1, 0.15) is 35.5 Å². The molecule has 1 atom stereocenters. The van der Waals surface area contributed by atoms with E-state index in [-0.39, 0.29) is 0 Å². The van der Waals surface area contributed by atoms with Crippen LogP contribution in [-0.4, -0.2) is 60.8 Å². The molecule has 2 aromatic heterocycles. The lowest BCUT2D eigenvalue weighted by atomic mass is 9.97. The van der Waals surface area contributed by atoms with Crippen molar-refractivity contribution in [3.05, 3.63) is 46.6 Å². The summed E-state index contributed by atoms with van der Waals surface area (Å²) >= 11 is 1.90. The molecule has 33 heavy (non-hydrogen) atoms. The molecule has 174 valence electrons. The molecule has 0 radical (unpaired) electrons. The van der Waals surface area contributed by atoms with Crippen molar-refractivity contribution in [3.8, 4) is 0 Å². The summed E-state index contributed by atoms with van der Waals surface area (Å²) in [5.74, 6) is 2.65. The number of aryl methyl sites for hydroxylation is 2. The van der Waals surface area contributed by atoms with Crippen LogP contribution in [0, 0.1) is 5.92 Å². The van der Waals surface area contributed by atoms with Gasteiger partial charge >= 0.3 is 0 Å². The van der Waals surface area contributed by atoms with E-state index in [1.165, 1.54) is 58.4 Å². The zero-order chi connectivity index (χ0) is 22.0. The van der Waals surface area contributed by atoms with E-state index in [2.05, 4.69) is 45.4 Å². The monoisotopic (exact) mass is 463 g/mol. The number of rotatable bonds is 6. The fourth-order valence-electron chi connectivity index (χ4n) is 5.47. The van der Waals surface area contributed by atoms with Crippen molar-refractivity contribution in [1.29, 1.82) is 0 Å². The van der Waals surface area contributed by atoms with Gasteiger partial charge in [0.1, 0.15) is 16.5 Å². The number of benzene rings is 1. The normalized spacial score (nSPS) is 21.5. The highest BCUT2D eigenvalue weighted by molar-refractivity contribution is 7.19. The van der Waals surface area contributed by atoms with Gasteiger partial charge in [-0.2, -0.15) is 0 Å². The Morgan fingerprint density at radius 2 is 1.88 bits per heavy atom. The summed E-state index contributed by atoms with van der Waals surface area (Å²) in [6.45, 7) is 7.55. The van der Waals surface area contributed by atoms with E-state index in [9.17, 15) is 0 Å². The molecule has 1 unspecified atom stereocenters. The molecule has 3 aliphatic rings. The van der Waals surface area contributed by atoms with Crippen molar-refractivity contribution < 1.29 is 4.74 Å². The number of hydrogen-bond acceptors (Lipinski definition) is 7. The third kappa shape index (κ3) is 4.59. The predicted octanol–water partition coefficient (Wildman–Crippen LogP) is 4.34. The molecule has 1 aromatic carbocycles. The van der Waals surface area contributed by atoms with Crippen LogP contribution in [0.2, 0.25) is 0 Å². The van der Waals surface area contributed by atoms with E-state index in [0.717, 1.165) is 64.1 Å². The average Bonchev–Trinajstić information content (AvgIpc) is 3.48. The quantitative estimate of drug-likeness (QED) is 0.587. The summed E-state index contributed by atoms with van der Waals surface area (Å²) in [6.07, 6.45) is 6.17. The summed E-state index contributed by atoms with van der Waals surface area (Å²) in [4.78, 5) is 17.8. The Bertz CT molecular complexity index is 1100. The fraction of sp³-hybridized carbons (Fsp3) is 0.538. The Morgan fingerprint density at radius 1 is 1.03 bits per heavy atom. The number of nitrogens with zero attached hydrogens (tertiary/aromatic N) is 4. The molecular formula is C26H33N5OS. The van der Waals surface area contributed by atoms with E-state index in [0.29, 0.717) is 5.92 Å². The maximum atomic E-state index is 5.53. The third-order valence-corrected chi connectivity index (χ3v) is 8.48. The minimum Gasteiger partial charge on any atom is -0.379 e. The van der Waals surface area contributed by atoms with Crippen LogP contribution in [-0.2, 0) is 24.1 Å². The summed E-state index contributed by atoms with van der Waals surface area (Å²) in [7, 11) is 0. The SMILES string of the molecule is c1ccc(N2CCC(CNc3nc(CN4CCOCC4)nc4sc5c(c34)CCCC5)C2)cc1. The highest BCUT2D eigenvalue weighted by atomic mass is 32.1. The molecule has 0 saturated carbocycles. The molecule has 1 aliphatic carbocycles. The van der Waals surface area contributed by atoms with Crippen LogP contribution in [0.5, 0.6) is 0 Å². The van der Waals surface area contributed by atoms with Gasteiger partial charge in [0, 0.05) is 43.3 Å². The first-order valence-electron chi connectivity index (χ1n) is 12.5. The summed E-state index contributed by atoms with van der Waals surface area (Å²) < 4.78 is 5.53. The number of morpholine rings is 1. The second-order valence-electron chi connectivity index (χ2n) is 9.59. The van der Waals surface area contributed by atoms with Crippen molar-refractivity contribution in [2.45, 2.75) is 38.6 Å². The highest BCUT2D eigenvalue weighted by Gasteiger charge is 2.25. The van der Waals surface area contributed by atoms with Gasteiger partial charge in [0.25, 0.3) is 0 Å². The van der Waals surface area contributed by atoms with Crippen LogP contribution in [0.15, 0.2) is 30.3 Å². The van der Waals surface area contributed by atoms with Gasteiger partial charge in [-0.3, -0.25) is 4.90 Å². The van der Waals surface area contributed by atoms with E-state index < -0.39 is 0 Å². The van der Waals surface area contributed by atoms with Crippen molar-refractivity contribution in [2.75, 3.05) is 56.2 Å². The molecule has 2 fully saturated rings. The van der Waals surface area contributed by atoms with Gasteiger partial charge in [-0.25, -0.2) is 9.97 Å². The van der Waals surface area contributed by atoms with Crippen molar-refractivity contribution in [1.82, 2.24) is 14.9 Å². The first-order valence-corrected chi connectivity index (χ1v) is 13.3. The van der Waals surface area contributed by atoms with E-state index >= 15 is 0 Å².